The van der Waals surface area contributed by atoms with Crippen molar-refractivity contribution in [2.24, 2.45) is 5.92 Å². The molecule has 0 bridgehead atoms. The highest BCUT2D eigenvalue weighted by molar-refractivity contribution is 5.77. The number of carbonyl (C=O) groups is 4. The summed E-state index contributed by atoms with van der Waals surface area (Å²) in [5.41, 5.74) is 0.405. The van der Waals surface area contributed by atoms with E-state index in [1.807, 2.05) is 51.1 Å². The zero-order valence-corrected chi connectivity index (χ0v) is 24.0. The van der Waals surface area contributed by atoms with Crippen molar-refractivity contribution in [3.8, 4) is 0 Å². The first-order chi connectivity index (χ1) is 19.1. The van der Waals surface area contributed by atoms with Crippen molar-refractivity contribution in [3.63, 3.8) is 0 Å². The lowest BCUT2D eigenvalue weighted by Gasteiger charge is -2.30. The standard InChI is InChI=1S/C29H45N3O8/c1-29(2,3)40-27(35)23-9-11-24(12-10-23)32-26(34)14-17-37-19-20-38-18-16-30-25(33)13-15-31-28(36)39-21-22-7-5-4-6-8-22/h4-8,23-24H,9-21H2,1-3H3,(H,30,33)(H,31,36)(H,32,34). The molecule has 0 saturated heterocycles. The summed E-state index contributed by atoms with van der Waals surface area (Å²) < 4.78 is 21.4. The molecule has 1 aromatic rings. The summed E-state index contributed by atoms with van der Waals surface area (Å²) in [6.45, 7) is 7.60. The Kier molecular flexibility index (Phi) is 15.0. The zero-order chi connectivity index (χ0) is 29.2. The van der Waals surface area contributed by atoms with E-state index < -0.39 is 11.7 Å². The normalized spacial score (nSPS) is 17.0. The number of amides is 3. The van der Waals surface area contributed by atoms with Crippen molar-refractivity contribution < 1.29 is 38.1 Å². The van der Waals surface area contributed by atoms with Gasteiger partial charge in [-0.1, -0.05) is 30.3 Å². The summed E-state index contributed by atoms with van der Waals surface area (Å²) >= 11 is 0. The van der Waals surface area contributed by atoms with Gasteiger partial charge in [0.1, 0.15) is 12.2 Å². The van der Waals surface area contributed by atoms with Gasteiger partial charge in [-0.3, -0.25) is 14.4 Å². The first-order valence-electron chi connectivity index (χ1n) is 14.0. The van der Waals surface area contributed by atoms with Crippen LogP contribution in [0, 0.1) is 5.92 Å². The van der Waals surface area contributed by atoms with Gasteiger partial charge in [-0.2, -0.15) is 0 Å². The summed E-state index contributed by atoms with van der Waals surface area (Å²) in [4.78, 5) is 47.9. The number of rotatable bonds is 16. The summed E-state index contributed by atoms with van der Waals surface area (Å²) in [6.07, 6.45) is 2.79. The van der Waals surface area contributed by atoms with Crippen molar-refractivity contribution in [3.05, 3.63) is 35.9 Å². The van der Waals surface area contributed by atoms with Gasteiger partial charge in [0, 0.05) is 32.0 Å². The molecule has 40 heavy (non-hydrogen) atoms. The van der Waals surface area contributed by atoms with E-state index in [0.717, 1.165) is 31.2 Å². The van der Waals surface area contributed by atoms with Crippen molar-refractivity contribution in [1.82, 2.24) is 16.0 Å². The van der Waals surface area contributed by atoms with Gasteiger partial charge in [0.15, 0.2) is 0 Å². The molecule has 0 aliphatic heterocycles. The van der Waals surface area contributed by atoms with Crippen molar-refractivity contribution in [2.45, 2.75) is 77.5 Å². The largest absolute Gasteiger partial charge is 0.460 e. The topological polar surface area (TPSA) is 141 Å². The minimum absolute atomic E-state index is 0.0664. The third-order valence-electron chi connectivity index (χ3n) is 6.08. The highest BCUT2D eigenvalue weighted by Crippen LogP contribution is 2.27. The number of hydrogen-bond donors (Lipinski definition) is 3. The van der Waals surface area contributed by atoms with Gasteiger partial charge >= 0.3 is 12.1 Å². The maximum atomic E-state index is 12.2. The Hall–Kier alpha value is -3.18. The van der Waals surface area contributed by atoms with Gasteiger partial charge in [-0.25, -0.2) is 4.79 Å². The Morgan fingerprint density at radius 3 is 2.15 bits per heavy atom. The molecule has 2 rings (SSSR count). The highest BCUT2D eigenvalue weighted by Gasteiger charge is 2.30. The van der Waals surface area contributed by atoms with E-state index in [1.165, 1.54) is 0 Å². The highest BCUT2D eigenvalue weighted by atomic mass is 16.6. The molecule has 0 radical (unpaired) electrons. The number of carbonyl (C=O) groups excluding carboxylic acids is 4. The van der Waals surface area contributed by atoms with Gasteiger partial charge in [0.2, 0.25) is 11.8 Å². The molecule has 0 aromatic heterocycles. The van der Waals surface area contributed by atoms with E-state index in [-0.39, 0.29) is 55.7 Å². The molecule has 0 heterocycles. The molecule has 3 amide bonds. The molecular weight excluding hydrogens is 518 g/mol. The monoisotopic (exact) mass is 563 g/mol. The minimum atomic E-state index is -0.570. The number of alkyl carbamates (subject to hydrolysis) is 1. The molecule has 1 aliphatic rings. The number of ether oxygens (including phenoxy) is 4. The summed E-state index contributed by atoms with van der Waals surface area (Å²) in [6, 6.07) is 9.41. The third-order valence-corrected chi connectivity index (χ3v) is 6.08. The second-order valence-electron chi connectivity index (χ2n) is 10.7. The first kappa shape index (κ1) is 33.0. The summed E-state index contributed by atoms with van der Waals surface area (Å²) in [7, 11) is 0. The van der Waals surface area contributed by atoms with Crippen LogP contribution < -0.4 is 16.0 Å². The molecule has 0 unspecified atom stereocenters. The van der Waals surface area contributed by atoms with Gasteiger partial charge in [-0.05, 0) is 52.0 Å². The lowest BCUT2D eigenvalue weighted by molar-refractivity contribution is -0.161. The van der Waals surface area contributed by atoms with E-state index in [1.54, 1.807) is 0 Å². The number of hydrogen-bond acceptors (Lipinski definition) is 8. The number of esters is 1. The van der Waals surface area contributed by atoms with E-state index in [4.69, 9.17) is 18.9 Å². The molecule has 11 nitrogen and oxygen atoms in total. The average Bonchev–Trinajstić information content (AvgIpc) is 2.91. The third kappa shape index (κ3) is 15.4. The first-order valence-corrected chi connectivity index (χ1v) is 14.0. The predicted molar refractivity (Wildman–Crippen MR) is 148 cm³/mol. The zero-order valence-electron chi connectivity index (χ0n) is 24.0. The van der Waals surface area contributed by atoms with Crippen LogP contribution in [0.15, 0.2) is 30.3 Å². The quantitative estimate of drug-likeness (QED) is 0.206. The fourth-order valence-corrected chi connectivity index (χ4v) is 4.05. The predicted octanol–water partition coefficient (Wildman–Crippen LogP) is 2.86. The van der Waals surface area contributed by atoms with E-state index >= 15 is 0 Å². The smallest absolute Gasteiger partial charge is 0.407 e. The molecular formula is C29H45N3O8. The Bertz CT molecular complexity index is 912. The molecule has 1 aromatic carbocycles. The summed E-state index contributed by atoms with van der Waals surface area (Å²) in [5.74, 6) is -0.514. The molecule has 11 heteroatoms. The van der Waals surface area contributed by atoms with Crippen LogP contribution >= 0.6 is 0 Å². The van der Waals surface area contributed by atoms with Crippen molar-refractivity contribution >= 4 is 23.9 Å². The number of nitrogens with one attached hydrogen (secondary N) is 3. The second-order valence-corrected chi connectivity index (χ2v) is 10.7. The number of benzene rings is 1. The Labute approximate surface area is 237 Å². The SMILES string of the molecule is CC(C)(C)OC(=O)C1CCC(NC(=O)CCOCCOCCNC(=O)CCNC(=O)OCc2ccccc2)CC1. The van der Waals surface area contributed by atoms with Crippen LogP contribution in [0.25, 0.3) is 0 Å². The lowest BCUT2D eigenvalue weighted by Crippen LogP contribution is -2.40. The van der Waals surface area contributed by atoms with Crippen LogP contribution in [0.3, 0.4) is 0 Å². The minimum Gasteiger partial charge on any atom is -0.460 e. The van der Waals surface area contributed by atoms with E-state index in [9.17, 15) is 19.2 Å². The van der Waals surface area contributed by atoms with Crippen molar-refractivity contribution in [1.29, 1.82) is 0 Å². The Morgan fingerprint density at radius 2 is 1.48 bits per heavy atom. The van der Waals surface area contributed by atoms with Crippen LogP contribution in [0.2, 0.25) is 0 Å². The molecule has 3 N–H and O–H groups in total. The van der Waals surface area contributed by atoms with Crippen LogP contribution in [-0.2, 0) is 39.9 Å². The van der Waals surface area contributed by atoms with Gasteiger partial charge < -0.3 is 34.9 Å². The van der Waals surface area contributed by atoms with Crippen molar-refractivity contribution in [2.75, 3.05) is 39.5 Å². The molecule has 1 aliphatic carbocycles. The molecule has 224 valence electrons. The lowest BCUT2D eigenvalue weighted by atomic mass is 9.86. The van der Waals surface area contributed by atoms with Crippen LogP contribution in [-0.4, -0.2) is 75.0 Å². The van der Waals surface area contributed by atoms with Crippen LogP contribution in [0.4, 0.5) is 4.79 Å². The second kappa shape index (κ2) is 18.2. The van der Waals surface area contributed by atoms with Gasteiger partial charge in [-0.15, -0.1) is 0 Å². The fourth-order valence-electron chi connectivity index (χ4n) is 4.05. The Balaban J connectivity index is 1.37. The van der Waals surface area contributed by atoms with Crippen LogP contribution in [0.5, 0.6) is 0 Å². The van der Waals surface area contributed by atoms with Gasteiger partial charge in [0.25, 0.3) is 0 Å². The van der Waals surface area contributed by atoms with E-state index in [0.29, 0.717) is 33.0 Å². The molecule has 0 spiro atoms. The molecule has 1 fully saturated rings. The molecule has 1 saturated carbocycles. The van der Waals surface area contributed by atoms with E-state index in [2.05, 4.69) is 16.0 Å². The average molecular weight is 564 g/mol. The van der Waals surface area contributed by atoms with Crippen LogP contribution in [0.1, 0.15) is 64.9 Å². The molecule has 0 atom stereocenters. The fraction of sp³-hybridized carbons (Fsp3) is 0.655. The maximum absolute atomic E-state index is 12.2. The Morgan fingerprint density at radius 1 is 0.800 bits per heavy atom. The summed E-state index contributed by atoms with van der Waals surface area (Å²) in [5, 5.41) is 8.27. The maximum Gasteiger partial charge on any atom is 0.407 e. The van der Waals surface area contributed by atoms with Gasteiger partial charge in [0.05, 0.1) is 32.3 Å².